The van der Waals surface area contributed by atoms with E-state index in [0.717, 1.165) is 38.6 Å². The van der Waals surface area contributed by atoms with E-state index in [1.807, 2.05) is 14.7 Å². The molecule has 4 rings (SSSR count). The molecule has 0 aromatic heterocycles. The van der Waals surface area contributed by atoms with E-state index in [9.17, 15) is 19.5 Å². The van der Waals surface area contributed by atoms with Crippen molar-refractivity contribution in [2.45, 2.75) is 32.1 Å². The van der Waals surface area contributed by atoms with E-state index in [1.165, 1.54) is 0 Å². The number of carbonyl (C=O) groups is 3. The van der Waals surface area contributed by atoms with Gasteiger partial charge in [0.2, 0.25) is 11.8 Å². The summed E-state index contributed by atoms with van der Waals surface area (Å²) in [5.74, 6) is 0.0448. The van der Waals surface area contributed by atoms with Crippen LogP contribution >= 0.6 is 12.4 Å². The Morgan fingerprint density at radius 2 is 1.65 bits per heavy atom. The molecule has 26 heavy (non-hydrogen) atoms. The number of rotatable bonds is 4. The normalized spacial score (nSPS) is 31.5. The van der Waals surface area contributed by atoms with Crippen molar-refractivity contribution in [1.82, 2.24) is 14.7 Å². The Balaban J connectivity index is 0.00000196. The molecule has 2 heterocycles. The quantitative estimate of drug-likeness (QED) is 0.769. The third-order valence-corrected chi connectivity index (χ3v) is 6.60. The van der Waals surface area contributed by atoms with Gasteiger partial charge in [-0.25, -0.2) is 0 Å². The van der Waals surface area contributed by atoms with Crippen LogP contribution in [0.4, 0.5) is 0 Å². The molecule has 0 aromatic carbocycles. The van der Waals surface area contributed by atoms with Gasteiger partial charge in [-0.15, -0.1) is 12.4 Å². The number of hydrogen-bond acceptors (Lipinski definition) is 4. The number of piperazine rings is 1. The van der Waals surface area contributed by atoms with Crippen LogP contribution in [0.3, 0.4) is 0 Å². The number of hydrogen-bond donors (Lipinski definition) is 1. The van der Waals surface area contributed by atoms with Crippen molar-refractivity contribution in [2.75, 3.05) is 45.8 Å². The first-order valence-corrected chi connectivity index (χ1v) is 9.52. The topological polar surface area (TPSA) is 81.2 Å². The van der Waals surface area contributed by atoms with Crippen molar-refractivity contribution >= 4 is 30.2 Å². The molecule has 4 fully saturated rings. The second kappa shape index (κ2) is 7.35. The Kier molecular flexibility index (Phi) is 5.49. The van der Waals surface area contributed by atoms with Gasteiger partial charge in [0.25, 0.3) is 0 Å². The van der Waals surface area contributed by atoms with Gasteiger partial charge < -0.3 is 14.9 Å². The molecule has 0 aromatic rings. The van der Waals surface area contributed by atoms with Crippen LogP contribution in [-0.4, -0.2) is 83.4 Å². The van der Waals surface area contributed by atoms with E-state index in [-0.39, 0.29) is 36.1 Å². The SMILES string of the molecule is Cl.O=C(CN1C[C@@H]2CCC[C@@]2(C(=O)O)C1)N1CCN(C(=O)C2CC2)CC1. The second-order valence-corrected chi connectivity index (χ2v) is 8.20. The minimum absolute atomic E-state index is 0. The van der Waals surface area contributed by atoms with Crippen LogP contribution in [0.25, 0.3) is 0 Å². The summed E-state index contributed by atoms with van der Waals surface area (Å²) in [6.45, 7) is 3.97. The molecule has 7 nitrogen and oxygen atoms in total. The zero-order chi connectivity index (χ0) is 17.6. The molecule has 2 aliphatic carbocycles. The molecule has 2 aliphatic heterocycles. The predicted octanol–water partition coefficient (Wildman–Crippen LogP) is 0.676. The van der Waals surface area contributed by atoms with Crippen LogP contribution in [-0.2, 0) is 14.4 Å². The Morgan fingerprint density at radius 3 is 2.23 bits per heavy atom. The summed E-state index contributed by atoms with van der Waals surface area (Å²) in [5, 5.41) is 9.65. The fraction of sp³-hybridized carbons (Fsp3) is 0.833. The average molecular weight is 386 g/mol. The Hall–Kier alpha value is -1.34. The van der Waals surface area contributed by atoms with Crippen LogP contribution < -0.4 is 0 Å². The highest BCUT2D eigenvalue weighted by Crippen LogP contribution is 2.48. The summed E-state index contributed by atoms with van der Waals surface area (Å²) in [4.78, 5) is 42.2. The third-order valence-electron chi connectivity index (χ3n) is 6.60. The summed E-state index contributed by atoms with van der Waals surface area (Å²) in [5.41, 5.74) is -0.629. The van der Waals surface area contributed by atoms with Gasteiger partial charge in [-0.3, -0.25) is 19.3 Å². The maximum atomic E-state index is 12.6. The number of carboxylic acids is 1. The minimum Gasteiger partial charge on any atom is -0.481 e. The highest BCUT2D eigenvalue weighted by Gasteiger charge is 2.55. The van der Waals surface area contributed by atoms with Crippen molar-refractivity contribution in [3.8, 4) is 0 Å². The first-order valence-electron chi connectivity index (χ1n) is 9.52. The smallest absolute Gasteiger partial charge is 0.311 e. The van der Waals surface area contributed by atoms with Gasteiger partial charge in [-0.2, -0.15) is 0 Å². The highest BCUT2D eigenvalue weighted by molar-refractivity contribution is 5.85. The van der Waals surface area contributed by atoms with E-state index < -0.39 is 11.4 Å². The molecule has 146 valence electrons. The number of likely N-dealkylation sites (tertiary alicyclic amines) is 1. The second-order valence-electron chi connectivity index (χ2n) is 8.20. The average Bonchev–Trinajstić information content (AvgIpc) is 3.27. The van der Waals surface area contributed by atoms with Crippen LogP contribution in [0.2, 0.25) is 0 Å². The molecule has 1 N–H and O–H groups in total. The minimum atomic E-state index is -0.697. The molecule has 2 atom stereocenters. The number of carboxylic acid groups (broad SMARTS) is 1. The Morgan fingerprint density at radius 1 is 1.00 bits per heavy atom. The lowest BCUT2D eigenvalue weighted by Crippen LogP contribution is -2.53. The highest BCUT2D eigenvalue weighted by atomic mass is 35.5. The van der Waals surface area contributed by atoms with Gasteiger partial charge in [0.05, 0.1) is 12.0 Å². The first kappa shape index (κ1) is 19.4. The first-order chi connectivity index (χ1) is 12.0. The predicted molar refractivity (Wildman–Crippen MR) is 97.0 cm³/mol. The Bertz CT molecular complexity index is 589. The van der Waals surface area contributed by atoms with E-state index in [4.69, 9.17) is 0 Å². The standard InChI is InChI=1S/C18H27N3O4.ClH/c22-15(20-6-8-21(9-7-20)16(23)13-3-4-13)11-19-10-14-2-1-5-18(14,12-19)17(24)25;/h13-14H,1-12H2,(H,24,25);1H/t14-,18+;/m0./s1. The fourth-order valence-corrected chi connectivity index (χ4v) is 4.92. The van der Waals surface area contributed by atoms with Gasteiger partial charge in [0.15, 0.2) is 0 Å². The number of halogens is 1. The lowest BCUT2D eigenvalue weighted by atomic mass is 9.81. The summed E-state index contributed by atoms with van der Waals surface area (Å²) in [6.07, 6.45) is 4.70. The molecule has 0 unspecified atom stereocenters. The van der Waals surface area contributed by atoms with Gasteiger partial charge in [-0.1, -0.05) is 6.42 Å². The van der Waals surface area contributed by atoms with Gasteiger partial charge in [0, 0.05) is 45.2 Å². The molecular weight excluding hydrogens is 358 g/mol. The van der Waals surface area contributed by atoms with E-state index >= 15 is 0 Å². The maximum Gasteiger partial charge on any atom is 0.311 e. The zero-order valence-electron chi connectivity index (χ0n) is 15.1. The molecule has 4 aliphatic rings. The molecule has 0 radical (unpaired) electrons. The largest absolute Gasteiger partial charge is 0.481 e. The van der Waals surface area contributed by atoms with Gasteiger partial charge in [-0.05, 0) is 31.6 Å². The van der Waals surface area contributed by atoms with Crippen molar-refractivity contribution in [1.29, 1.82) is 0 Å². The van der Waals surface area contributed by atoms with E-state index in [1.54, 1.807) is 0 Å². The van der Waals surface area contributed by atoms with E-state index in [0.29, 0.717) is 39.3 Å². The van der Waals surface area contributed by atoms with Crippen molar-refractivity contribution in [3.05, 3.63) is 0 Å². The van der Waals surface area contributed by atoms with Crippen molar-refractivity contribution in [3.63, 3.8) is 0 Å². The summed E-state index contributed by atoms with van der Waals surface area (Å²) >= 11 is 0. The molecular formula is C18H28ClN3O4. The third kappa shape index (κ3) is 3.43. The molecule has 8 heteroatoms. The molecule has 0 spiro atoms. The number of amides is 2. The summed E-state index contributed by atoms with van der Waals surface area (Å²) in [6, 6.07) is 0. The fourth-order valence-electron chi connectivity index (χ4n) is 4.92. The van der Waals surface area contributed by atoms with Crippen LogP contribution in [0.15, 0.2) is 0 Å². The van der Waals surface area contributed by atoms with Gasteiger partial charge >= 0.3 is 5.97 Å². The molecule has 2 amide bonds. The number of fused-ring (bicyclic) bond motifs is 1. The lowest BCUT2D eigenvalue weighted by molar-refractivity contribution is -0.149. The number of aliphatic carboxylic acids is 1. The number of carbonyl (C=O) groups excluding carboxylic acids is 2. The van der Waals surface area contributed by atoms with Crippen LogP contribution in [0.1, 0.15) is 32.1 Å². The maximum absolute atomic E-state index is 12.6. The van der Waals surface area contributed by atoms with Gasteiger partial charge in [0.1, 0.15) is 0 Å². The molecule has 2 saturated heterocycles. The summed E-state index contributed by atoms with van der Waals surface area (Å²) in [7, 11) is 0. The van der Waals surface area contributed by atoms with Crippen LogP contribution in [0, 0.1) is 17.3 Å². The Labute approximate surface area is 160 Å². The summed E-state index contributed by atoms with van der Waals surface area (Å²) < 4.78 is 0. The lowest BCUT2D eigenvalue weighted by Gasteiger charge is -2.35. The monoisotopic (exact) mass is 385 g/mol. The van der Waals surface area contributed by atoms with Crippen molar-refractivity contribution in [2.24, 2.45) is 17.3 Å². The molecule has 0 bridgehead atoms. The molecule has 2 saturated carbocycles. The van der Waals surface area contributed by atoms with E-state index in [2.05, 4.69) is 0 Å². The number of nitrogens with zero attached hydrogens (tertiary/aromatic N) is 3. The van der Waals surface area contributed by atoms with Crippen LogP contribution in [0.5, 0.6) is 0 Å². The zero-order valence-corrected chi connectivity index (χ0v) is 15.9. The van der Waals surface area contributed by atoms with Crippen molar-refractivity contribution < 1.29 is 19.5 Å².